The second kappa shape index (κ2) is 10.4. The number of anilines is 2. The van der Waals surface area contributed by atoms with Gasteiger partial charge in [-0.3, -0.25) is 9.59 Å². The van der Waals surface area contributed by atoms with Crippen LogP contribution in [0.3, 0.4) is 0 Å². The quantitative estimate of drug-likeness (QED) is 0.474. The number of hydrogen-bond donors (Lipinski definition) is 1. The van der Waals surface area contributed by atoms with Gasteiger partial charge < -0.3 is 19.9 Å². The molecule has 0 saturated carbocycles. The number of benzene rings is 1. The molecule has 36 heavy (non-hydrogen) atoms. The van der Waals surface area contributed by atoms with Gasteiger partial charge in [0.2, 0.25) is 16.0 Å². The minimum absolute atomic E-state index is 0.0128. The predicted octanol–water partition coefficient (Wildman–Crippen LogP) is 4.05. The Hall–Kier alpha value is -3.21. The minimum atomic E-state index is -0.330. The van der Waals surface area contributed by atoms with E-state index in [1.54, 1.807) is 22.4 Å². The van der Waals surface area contributed by atoms with Crippen molar-refractivity contribution in [1.82, 2.24) is 19.5 Å². The lowest BCUT2D eigenvalue weighted by atomic mass is 9.97. The summed E-state index contributed by atoms with van der Waals surface area (Å²) in [5, 5.41) is 8.83. The third kappa shape index (κ3) is 5.77. The number of likely N-dealkylation sites (tertiary alicyclic amines) is 1. The number of hydrogen-bond acceptors (Lipinski definition) is 8. The first-order valence-corrected chi connectivity index (χ1v) is 13.0. The van der Waals surface area contributed by atoms with E-state index in [1.807, 2.05) is 38.8 Å². The molecule has 1 aromatic carbocycles. The molecule has 194 valence electrons. The van der Waals surface area contributed by atoms with Crippen molar-refractivity contribution in [3.63, 3.8) is 0 Å². The number of ether oxygens (including phenoxy) is 1. The third-order valence-electron chi connectivity index (χ3n) is 5.95. The lowest BCUT2D eigenvalue weighted by molar-refractivity contribution is -0.151. The molecule has 0 spiro atoms. The number of esters is 1. The Kier molecular flexibility index (Phi) is 7.49. The summed E-state index contributed by atoms with van der Waals surface area (Å²) in [5.74, 6) is 0.0147. The SMILES string of the molecule is CCOC(=O)C1CCN(C(=O)CN(C)c2nn3c(NC(C)(C)C)c(-c4cccc(F)c4)nc3s2)CC1. The van der Waals surface area contributed by atoms with E-state index in [1.165, 1.54) is 23.5 Å². The summed E-state index contributed by atoms with van der Waals surface area (Å²) in [7, 11) is 1.83. The maximum atomic E-state index is 13.9. The van der Waals surface area contributed by atoms with Crippen molar-refractivity contribution in [3.8, 4) is 11.3 Å². The van der Waals surface area contributed by atoms with Crippen LogP contribution in [-0.2, 0) is 14.3 Å². The number of amides is 1. The zero-order valence-electron chi connectivity index (χ0n) is 21.4. The average Bonchev–Trinajstić information content (AvgIpc) is 3.38. The van der Waals surface area contributed by atoms with Gasteiger partial charge in [0.25, 0.3) is 0 Å². The number of fused-ring (bicyclic) bond motifs is 1. The monoisotopic (exact) mass is 516 g/mol. The van der Waals surface area contributed by atoms with Crippen LogP contribution in [0.25, 0.3) is 16.2 Å². The van der Waals surface area contributed by atoms with E-state index < -0.39 is 0 Å². The maximum absolute atomic E-state index is 13.9. The Morgan fingerprint density at radius 3 is 2.64 bits per heavy atom. The van der Waals surface area contributed by atoms with Gasteiger partial charge in [0.15, 0.2) is 5.82 Å². The average molecular weight is 517 g/mol. The van der Waals surface area contributed by atoms with E-state index in [0.29, 0.717) is 59.7 Å². The normalized spacial score (nSPS) is 14.8. The number of piperidine rings is 1. The molecule has 1 amide bonds. The fourth-order valence-electron chi connectivity index (χ4n) is 4.19. The zero-order valence-corrected chi connectivity index (χ0v) is 22.2. The third-order valence-corrected chi connectivity index (χ3v) is 6.97. The summed E-state index contributed by atoms with van der Waals surface area (Å²) in [6.07, 6.45) is 1.23. The lowest BCUT2D eigenvalue weighted by Crippen LogP contribution is -2.44. The Balaban J connectivity index is 1.50. The molecule has 1 saturated heterocycles. The second-order valence-electron chi connectivity index (χ2n) is 10.0. The van der Waals surface area contributed by atoms with Gasteiger partial charge in [-0.25, -0.2) is 9.37 Å². The van der Waals surface area contributed by atoms with E-state index >= 15 is 0 Å². The Labute approximate surface area is 214 Å². The number of rotatable bonds is 7. The van der Waals surface area contributed by atoms with Crippen molar-refractivity contribution in [2.75, 3.05) is 43.5 Å². The van der Waals surface area contributed by atoms with Gasteiger partial charge in [-0.05, 0) is 52.7 Å². The van der Waals surface area contributed by atoms with E-state index in [0.717, 1.165) is 0 Å². The Morgan fingerprint density at radius 2 is 2.00 bits per heavy atom. The van der Waals surface area contributed by atoms with Gasteiger partial charge in [0.05, 0.1) is 19.1 Å². The summed E-state index contributed by atoms with van der Waals surface area (Å²) >= 11 is 1.36. The van der Waals surface area contributed by atoms with E-state index in [2.05, 4.69) is 5.32 Å². The molecule has 1 aliphatic rings. The molecule has 1 N–H and O–H groups in total. The Morgan fingerprint density at radius 1 is 1.28 bits per heavy atom. The largest absolute Gasteiger partial charge is 0.466 e. The second-order valence-corrected chi connectivity index (χ2v) is 11.0. The lowest BCUT2D eigenvalue weighted by Gasteiger charge is -2.32. The van der Waals surface area contributed by atoms with Crippen molar-refractivity contribution in [2.24, 2.45) is 5.92 Å². The molecule has 4 rings (SSSR count). The van der Waals surface area contributed by atoms with Crippen LogP contribution in [0.15, 0.2) is 24.3 Å². The number of nitrogens with zero attached hydrogens (tertiary/aromatic N) is 5. The van der Waals surface area contributed by atoms with Crippen molar-refractivity contribution < 1.29 is 18.7 Å². The van der Waals surface area contributed by atoms with Gasteiger partial charge in [0.1, 0.15) is 11.5 Å². The molecule has 0 radical (unpaired) electrons. The standard InChI is InChI=1S/C25H33FN6O3S/c1-6-35-22(34)16-10-12-31(13-11-16)19(33)15-30(5)24-29-32-21(28-25(2,3)4)20(27-23(32)36-24)17-8-7-9-18(26)14-17/h7-9,14,16,28H,6,10-13,15H2,1-5H3. The van der Waals surface area contributed by atoms with Gasteiger partial charge >= 0.3 is 5.97 Å². The number of imidazole rings is 1. The number of carbonyl (C=O) groups is 2. The van der Waals surface area contributed by atoms with Gasteiger partial charge in [-0.2, -0.15) is 4.52 Å². The van der Waals surface area contributed by atoms with Crippen LogP contribution in [0.4, 0.5) is 15.3 Å². The molecule has 9 nitrogen and oxygen atoms in total. The van der Waals surface area contributed by atoms with Crippen LogP contribution in [0, 0.1) is 11.7 Å². The van der Waals surface area contributed by atoms with Gasteiger partial charge in [-0.1, -0.05) is 23.5 Å². The van der Waals surface area contributed by atoms with Crippen LogP contribution in [-0.4, -0.2) is 70.2 Å². The number of halogens is 1. The fraction of sp³-hybridized carbons (Fsp3) is 0.520. The molecule has 3 aromatic rings. The number of carbonyl (C=O) groups excluding carboxylic acids is 2. The molecular formula is C25H33FN6O3S. The van der Waals surface area contributed by atoms with Crippen LogP contribution >= 0.6 is 11.3 Å². The molecule has 0 aliphatic carbocycles. The highest BCUT2D eigenvalue weighted by Gasteiger charge is 2.29. The van der Waals surface area contributed by atoms with Crippen molar-refractivity contribution in [3.05, 3.63) is 30.1 Å². The fourth-order valence-corrected chi connectivity index (χ4v) is 5.05. The van der Waals surface area contributed by atoms with Crippen molar-refractivity contribution in [2.45, 2.75) is 46.1 Å². The summed E-state index contributed by atoms with van der Waals surface area (Å²) in [6, 6.07) is 6.34. The summed E-state index contributed by atoms with van der Waals surface area (Å²) in [4.78, 5) is 33.9. The highest BCUT2D eigenvalue weighted by Crippen LogP contribution is 2.34. The van der Waals surface area contributed by atoms with E-state index in [4.69, 9.17) is 14.8 Å². The smallest absolute Gasteiger partial charge is 0.309 e. The number of aromatic nitrogens is 3. The van der Waals surface area contributed by atoms with E-state index in [9.17, 15) is 14.0 Å². The van der Waals surface area contributed by atoms with Crippen molar-refractivity contribution in [1.29, 1.82) is 0 Å². The minimum Gasteiger partial charge on any atom is -0.466 e. The number of likely N-dealkylation sites (N-methyl/N-ethyl adjacent to an activating group) is 1. The van der Waals surface area contributed by atoms with Crippen LogP contribution in [0.5, 0.6) is 0 Å². The highest BCUT2D eigenvalue weighted by molar-refractivity contribution is 7.20. The molecule has 3 heterocycles. The van der Waals surface area contributed by atoms with Gasteiger partial charge in [0, 0.05) is 31.2 Å². The van der Waals surface area contributed by atoms with Crippen LogP contribution in [0.2, 0.25) is 0 Å². The van der Waals surface area contributed by atoms with Crippen molar-refractivity contribution >= 4 is 39.1 Å². The summed E-state index contributed by atoms with van der Waals surface area (Å²) < 4.78 is 20.7. The molecular weight excluding hydrogens is 483 g/mol. The van der Waals surface area contributed by atoms with Crippen LogP contribution in [0.1, 0.15) is 40.5 Å². The molecule has 0 bridgehead atoms. The summed E-state index contributed by atoms with van der Waals surface area (Å²) in [6.45, 7) is 9.51. The molecule has 0 unspecified atom stereocenters. The first-order chi connectivity index (χ1) is 17.1. The topological polar surface area (TPSA) is 92.1 Å². The van der Waals surface area contributed by atoms with Crippen LogP contribution < -0.4 is 10.2 Å². The predicted molar refractivity (Wildman–Crippen MR) is 139 cm³/mol. The zero-order chi connectivity index (χ0) is 26.0. The molecule has 11 heteroatoms. The number of nitrogens with one attached hydrogen (secondary N) is 1. The Bertz CT molecular complexity index is 1240. The summed E-state index contributed by atoms with van der Waals surface area (Å²) in [5.41, 5.74) is 1.01. The maximum Gasteiger partial charge on any atom is 0.309 e. The first-order valence-electron chi connectivity index (χ1n) is 12.1. The molecule has 1 aliphatic heterocycles. The first kappa shape index (κ1) is 25.9. The molecule has 1 fully saturated rings. The van der Waals surface area contributed by atoms with E-state index in [-0.39, 0.29) is 35.7 Å². The van der Waals surface area contributed by atoms with Gasteiger partial charge in [-0.15, -0.1) is 5.10 Å². The molecule has 0 atom stereocenters. The highest BCUT2D eigenvalue weighted by atomic mass is 32.1. The molecule has 2 aromatic heterocycles.